The SMILES string of the molecule is CC(C)(C)C1=NNC(NN)N=N1. The second-order valence-corrected chi connectivity index (χ2v) is 3.60. The highest BCUT2D eigenvalue weighted by Crippen LogP contribution is 2.18. The number of hydrazine groups is 1. The van der Waals surface area contributed by atoms with E-state index < -0.39 is 6.29 Å². The molecule has 0 saturated carbocycles. The Balaban J connectivity index is 2.64. The summed E-state index contributed by atoms with van der Waals surface area (Å²) in [6.07, 6.45) is -0.406. The number of nitrogens with two attached hydrogens (primary N) is 1. The van der Waals surface area contributed by atoms with Gasteiger partial charge in [-0.3, -0.25) is 11.3 Å². The zero-order valence-corrected chi connectivity index (χ0v) is 7.50. The van der Waals surface area contributed by atoms with Gasteiger partial charge in [0, 0.05) is 5.41 Å². The number of nitrogens with zero attached hydrogens (tertiary/aromatic N) is 3. The van der Waals surface area contributed by atoms with Gasteiger partial charge in [-0.2, -0.15) is 5.10 Å². The van der Waals surface area contributed by atoms with Crippen LogP contribution < -0.4 is 16.7 Å². The van der Waals surface area contributed by atoms with Crippen LogP contribution in [0.3, 0.4) is 0 Å². The fraction of sp³-hybridized carbons (Fsp3) is 0.833. The van der Waals surface area contributed by atoms with Crippen molar-refractivity contribution in [3.63, 3.8) is 0 Å². The molecule has 0 aliphatic carbocycles. The molecular formula is C6H14N6. The lowest BCUT2D eigenvalue weighted by molar-refractivity contribution is 0.421. The average molecular weight is 170 g/mol. The highest BCUT2D eigenvalue weighted by Gasteiger charge is 2.22. The first-order valence-electron chi connectivity index (χ1n) is 3.75. The van der Waals surface area contributed by atoms with Gasteiger partial charge in [-0.25, -0.2) is 5.43 Å². The van der Waals surface area contributed by atoms with Crippen LogP contribution in [0, 0.1) is 5.41 Å². The quantitative estimate of drug-likeness (QED) is 0.386. The minimum absolute atomic E-state index is 0.0872. The van der Waals surface area contributed by atoms with Crippen LogP contribution in [0.5, 0.6) is 0 Å². The Labute approximate surface area is 71.3 Å². The van der Waals surface area contributed by atoms with Crippen LogP contribution in [0.2, 0.25) is 0 Å². The molecule has 1 aliphatic heterocycles. The molecule has 0 aromatic rings. The van der Waals surface area contributed by atoms with Crippen molar-refractivity contribution < 1.29 is 0 Å². The van der Waals surface area contributed by atoms with Crippen molar-refractivity contribution in [3.8, 4) is 0 Å². The van der Waals surface area contributed by atoms with Crippen LogP contribution in [0.15, 0.2) is 15.3 Å². The number of nitrogens with one attached hydrogen (secondary N) is 2. The van der Waals surface area contributed by atoms with Crippen LogP contribution in [0.4, 0.5) is 0 Å². The van der Waals surface area contributed by atoms with E-state index in [1.54, 1.807) is 0 Å². The largest absolute Gasteiger partial charge is 0.268 e. The molecule has 0 saturated heterocycles. The summed E-state index contributed by atoms with van der Waals surface area (Å²) < 4.78 is 0. The molecule has 1 rings (SSSR count). The molecule has 1 atom stereocenters. The van der Waals surface area contributed by atoms with E-state index in [1.165, 1.54) is 0 Å². The third kappa shape index (κ3) is 1.99. The van der Waals surface area contributed by atoms with Gasteiger partial charge >= 0.3 is 0 Å². The van der Waals surface area contributed by atoms with E-state index in [1.807, 2.05) is 20.8 Å². The number of azo groups is 1. The van der Waals surface area contributed by atoms with Crippen molar-refractivity contribution in [1.82, 2.24) is 10.9 Å². The molecule has 0 aromatic heterocycles. The summed E-state index contributed by atoms with van der Waals surface area (Å²) >= 11 is 0. The number of amidine groups is 1. The van der Waals surface area contributed by atoms with Gasteiger partial charge in [0.05, 0.1) is 0 Å². The van der Waals surface area contributed by atoms with Crippen molar-refractivity contribution in [2.75, 3.05) is 0 Å². The molecular weight excluding hydrogens is 156 g/mol. The zero-order valence-electron chi connectivity index (χ0n) is 7.50. The summed E-state index contributed by atoms with van der Waals surface area (Å²) in [7, 11) is 0. The van der Waals surface area contributed by atoms with E-state index in [0.717, 1.165) is 0 Å². The molecule has 1 unspecified atom stereocenters. The number of hydrogen-bond donors (Lipinski definition) is 3. The van der Waals surface area contributed by atoms with E-state index in [9.17, 15) is 0 Å². The summed E-state index contributed by atoms with van der Waals surface area (Å²) in [4.78, 5) is 0. The first-order chi connectivity index (χ1) is 5.54. The lowest BCUT2D eigenvalue weighted by Crippen LogP contribution is -2.45. The fourth-order valence-electron chi connectivity index (χ4n) is 0.671. The van der Waals surface area contributed by atoms with E-state index in [0.29, 0.717) is 5.84 Å². The summed E-state index contributed by atoms with van der Waals surface area (Å²) in [5, 5.41) is 11.8. The average Bonchev–Trinajstić information content (AvgIpc) is 2.03. The summed E-state index contributed by atoms with van der Waals surface area (Å²) in [6.45, 7) is 6.05. The van der Waals surface area contributed by atoms with E-state index >= 15 is 0 Å². The Morgan fingerprint density at radius 1 is 1.50 bits per heavy atom. The first-order valence-corrected chi connectivity index (χ1v) is 3.75. The molecule has 0 amide bonds. The highest BCUT2D eigenvalue weighted by atomic mass is 15.5. The lowest BCUT2D eigenvalue weighted by Gasteiger charge is -2.21. The van der Waals surface area contributed by atoms with Crippen molar-refractivity contribution in [1.29, 1.82) is 0 Å². The van der Waals surface area contributed by atoms with Crippen LogP contribution in [-0.2, 0) is 0 Å². The maximum atomic E-state index is 5.12. The topological polar surface area (TPSA) is 87.2 Å². The smallest absolute Gasteiger partial charge is 0.220 e. The Morgan fingerprint density at radius 2 is 2.17 bits per heavy atom. The fourth-order valence-corrected chi connectivity index (χ4v) is 0.671. The second-order valence-electron chi connectivity index (χ2n) is 3.60. The van der Waals surface area contributed by atoms with Crippen LogP contribution in [-0.4, -0.2) is 12.1 Å². The number of hydrogen-bond acceptors (Lipinski definition) is 6. The van der Waals surface area contributed by atoms with E-state index in [4.69, 9.17) is 5.84 Å². The third-order valence-electron chi connectivity index (χ3n) is 1.39. The van der Waals surface area contributed by atoms with Gasteiger partial charge in [-0.05, 0) is 0 Å². The van der Waals surface area contributed by atoms with Gasteiger partial charge in [0.15, 0.2) is 5.84 Å². The highest BCUT2D eigenvalue weighted by molar-refractivity contribution is 5.87. The molecule has 1 heterocycles. The molecule has 0 bridgehead atoms. The number of rotatable bonds is 1. The van der Waals surface area contributed by atoms with Crippen molar-refractivity contribution >= 4 is 5.84 Å². The molecule has 1 aliphatic rings. The molecule has 68 valence electrons. The minimum Gasteiger partial charge on any atom is -0.268 e. The van der Waals surface area contributed by atoms with Gasteiger partial charge < -0.3 is 0 Å². The van der Waals surface area contributed by atoms with Gasteiger partial charge in [0.2, 0.25) is 6.29 Å². The van der Waals surface area contributed by atoms with E-state index in [2.05, 4.69) is 26.2 Å². The van der Waals surface area contributed by atoms with Crippen molar-refractivity contribution in [3.05, 3.63) is 0 Å². The Hall–Kier alpha value is -1.01. The van der Waals surface area contributed by atoms with Gasteiger partial charge in [0.25, 0.3) is 0 Å². The maximum absolute atomic E-state index is 5.12. The Morgan fingerprint density at radius 3 is 2.50 bits per heavy atom. The first kappa shape index (κ1) is 9.08. The van der Waals surface area contributed by atoms with Crippen molar-refractivity contribution in [2.24, 2.45) is 26.6 Å². The third-order valence-corrected chi connectivity index (χ3v) is 1.39. The molecule has 0 fully saturated rings. The molecule has 4 N–H and O–H groups in total. The Kier molecular flexibility index (Phi) is 2.39. The predicted octanol–water partition coefficient (Wildman–Crippen LogP) is 0.148. The van der Waals surface area contributed by atoms with Crippen LogP contribution >= 0.6 is 0 Å². The van der Waals surface area contributed by atoms with Gasteiger partial charge in [0.1, 0.15) is 0 Å². The minimum atomic E-state index is -0.406. The molecule has 0 spiro atoms. The normalized spacial score (nSPS) is 23.3. The van der Waals surface area contributed by atoms with Gasteiger partial charge in [-0.15, -0.1) is 10.2 Å². The zero-order chi connectivity index (χ0) is 9.19. The summed E-state index contributed by atoms with van der Waals surface area (Å²) in [5.74, 6) is 5.80. The molecule has 12 heavy (non-hydrogen) atoms. The van der Waals surface area contributed by atoms with Gasteiger partial charge in [-0.1, -0.05) is 20.8 Å². The monoisotopic (exact) mass is 170 g/mol. The van der Waals surface area contributed by atoms with Crippen LogP contribution in [0.25, 0.3) is 0 Å². The molecule has 0 aromatic carbocycles. The molecule has 6 nitrogen and oxygen atoms in total. The molecule has 6 heteroatoms. The second kappa shape index (κ2) is 3.16. The van der Waals surface area contributed by atoms with E-state index in [-0.39, 0.29) is 5.41 Å². The Bertz CT molecular complexity index is 213. The standard InChI is InChI=1S/C6H14N6/c1-6(2,3)4-9-11-5(8-7)12-10-4/h5,8,11H,7H2,1-3H3. The summed E-state index contributed by atoms with van der Waals surface area (Å²) in [5.41, 5.74) is 5.03. The van der Waals surface area contributed by atoms with Crippen molar-refractivity contribution in [2.45, 2.75) is 27.1 Å². The van der Waals surface area contributed by atoms with Crippen LogP contribution in [0.1, 0.15) is 20.8 Å². The lowest BCUT2D eigenvalue weighted by atomic mass is 9.95. The summed E-state index contributed by atoms with van der Waals surface area (Å²) in [6, 6.07) is 0. The molecule has 0 radical (unpaired) electrons. The number of hydrazone groups is 1. The maximum Gasteiger partial charge on any atom is 0.220 e. The predicted molar refractivity (Wildman–Crippen MR) is 46.0 cm³/mol.